The van der Waals surface area contributed by atoms with Gasteiger partial charge in [0.15, 0.2) is 0 Å². The third-order valence-corrected chi connectivity index (χ3v) is 4.63. The Morgan fingerprint density at radius 3 is 2.05 bits per heavy atom. The van der Waals surface area contributed by atoms with Gasteiger partial charge in [-0.05, 0) is 41.6 Å². The summed E-state index contributed by atoms with van der Waals surface area (Å²) < 4.78 is 0. The minimum Gasteiger partial charge on any atom is -0.0654 e. The third-order valence-electron chi connectivity index (χ3n) is 4.63. The van der Waals surface area contributed by atoms with E-state index >= 15 is 0 Å². The lowest BCUT2D eigenvalue weighted by atomic mass is 9.62. The molecule has 0 atom stereocenters. The Hall–Kier alpha value is -0.780. The molecule has 1 aromatic rings. The number of rotatable bonds is 8. The molecule has 0 fully saturated rings. The molecule has 0 amide bonds. The Labute approximate surface area is 133 Å². The second-order valence-electron chi connectivity index (χ2n) is 8.06. The molecule has 0 aromatic heterocycles. The Morgan fingerprint density at radius 1 is 0.905 bits per heavy atom. The lowest BCUT2D eigenvalue weighted by Crippen LogP contribution is -2.33. The highest BCUT2D eigenvalue weighted by atomic mass is 14.4. The van der Waals surface area contributed by atoms with Crippen molar-refractivity contribution in [1.82, 2.24) is 0 Å². The zero-order valence-electron chi connectivity index (χ0n) is 15.1. The Kier molecular flexibility index (Phi) is 6.97. The molecule has 0 heterocycles. The van der Waals surface area contributed by atoms with Gasteiger partial charge in [-0.3, -0.25) is 0 Å². The minimum absolute atomic E-state index is 0.296. The molecular formula is C21H35. The van der Waals surface area contributed by atoms with Crippen molar-refractivity contribution in [2.45, 2.75) is 80.1 Å². The molecule has 1 radical (unpaired) electrons. The Bertz CT molecular complexity index is 380. The van der Waals surface area contributed by atoms with Gasteiger partial charge in [-0.15, -0.1) is 0 Å². The standard InChI is InChI=1S/C21H35/c1-7-8-12-17-21(5,6)19(20(2,3)4)16-15-18-13-10-9-11-14-18/h9-11,13-14H,7-8,12,15-17H2,1-6H3. The molecule has 21 heavy (non-hydrogen) atoms. The molecular weight excluding hydrogens is 252 g/mol. The predicted octanol–water partition coefficient (Wildman–Crippen LogP) is 6.85. The molecule has 0 spiro atoms. The molecule has 119 valence electrons. The maximum Gasteiger partial charge on any atom is -0.0128 e. The van der Waals surface area contributed by atoms with Crippen LogP contribution in [0.15, 0.2) is 30.3 Å². The summed E-state index contributed by atoms with van der Waals surface area (Å²) in [7, 11) is 0. The third kappa shape index (κ3) is 6.24. The molecule has 0 N–H and O–H groups in total. The molecule has 0 bridgehead atoms. The lowest BCUT2D eigenvalue weighted by molar-refractivity contribution is 0.222. The largest absolute Gasteiger partial charge is 0.0654 e. The van der Waals surface area contributed by atoms with Crippen molar-refractivity contribution in [3.8, 4) is 0 Å². The molecule has 0 aliphatic heterocycles. The van der Waals surface area contributed by atoms with Crippen molar-refractivity contribution in [2.24, 2.45) is 10.8 Å². The van der Waals surface area contributed by atoms with Gasteiger partial charge in [-0.25, -0.2) is 0 Å². The number of unbranched alkanes of at least 4 members (excludes halogenated alkanes) is 2. The smallest absolute Gasteiger partial charge is 0.0128 e. The van der Waals surface area contributed by atoms with E-state index in [-0.39, 0.29) is 0 Å². The van der Waals surface area contributed by atoms with Gasteiger partial charge in [0.25, 0.3) is 0 Å². The van der Waals surface area contributed by atoms with Crippen LogP contribution in [0.4, 0.5) is 0 Å². The summed E-state index contributed by atoms with van der Waals surface area (Å²) in [6.45, 7) is 14.3. The molecule has 0 aliphatic rings. The van der Waals surface area contributed by atoms with Crippen molar-refractivity contribution < 1.29 is 0 Å². The molecule has 0 unspecified atom stereocenters. The van der Waals surface area contributed by atoms with Gasteiger partial charge in [0.05, 0.1) is 0 Å². The van der Waals surface area contributed by atoms with Gasteiger partial charge in [0.1, 0.15) is 0 Å². The zero-order valence-corrected chi connectivity index (χ0v) is 15.1. The molecule has 0 aliphatic carbocycles. The highest BCUT2D eigenvalue weighted by molar-refractivity contribution is 5.18. The summed E-state index contributed by atoms with van der Waals surface area (Å²) in [5.74, 6) is 1.73. The summed E-state index contributed by atoms with van der Waals surface area (Å²) in [6, 6.07) is 10.9. The SMILES string of the molecule is CCCCCC(C)(C)[C](CCc1ccccc1)C(C)(C)C. The van der Waals surface area contributed by atoms with E-state index in [4.69, 9.17) is 0 Å². The van der Waals surface area contributed by atoms with Crippen LogP contribution in [0.1, 0.15) is 79.2 Å². The van der Waals surface area contributed by atoms with Crippen LogP contribution < -0.4 is 0 Å². The van der Waals surface area contributed by atoms with Crippen LogP contribution in [0, 0.1) is 16.7 Å². The average Bonchev–Trinajstić information content (AvgIpc) is 2.38. The van der Waals surface area contributed by atoms with Gasteiger partial charge in [0, 0.05) is 0 Å². The van der Waals surface area contributed by atoms with Crippen LogP contribution in [-0.2, 0) is 6.42 Å². The molecule has 0 nitrogen and oxygen atoms in total. The number of hydrogen-bond donors (Lipinski definition) is 0. The van der Waals surface area contributed by atoms with Crippen LogP contribution in [-0.4, -0.2) is 0 Å². The van der Waals surface area contributed by atoms with Crippen LogP contribution in [0.5, 0.6) is 0 Å². The first-order valence-corrected chi connectivity index (χ1v) is 8.68. The maximum absolute atomic E-state index is 2.45. The Balaban J connectivity index is 2.71. The topological polar surface area (TPSA) is 0 Å². The van der Waals surface area contributed by atoms with E-state index in [1.807, 2.05) is 0 Å². The monoisotopic (exact) mass is 287 g/mol. The van der Waals surface area contributed by atoms with Gasteiger partial charge < -0.3 is 0 Å². The van der Waals surface area contributed by atoms with Gasteiger partial charge >= 0.3 is 0 Å². The van der Waals surface area contributed by atoms with Crippen molar-refractivity contribution in [2.75, 3.05) is 0 Å². The van der Waals surface area contributed by atoms with Gasteiger partial charge in [-0.1, -0.05) is 91.1 Å². The van der Waals surface area contributed by atoms with E-state index in [0.717, 1.165) is 0 Å². The van der Waals surface area contributed by atoms with E-state index in [9.17, 15) is 0 Å². The minimum atomic E-state index is 0.296. The molecule has 0 heteroatoms. The maximum atomic E-state index is 2.45. The number of benzene rings is 1. The highest BCUT2D eigenvalue weighted by Gasteiger charge is 2.37. The quantitative estimate of drug-likeness (QED) is 0.459. The summed E-state index contributed by atoms with van der Waals surface area (Å²) in [5, 5.41) is 0. The fourth-order valence-corrected chi connectivity index (χ4v) is 3.61. The molecule has 0 saturated carbocycles. The fraction of sp³-hybridized carbons (Fsp3) is 0.667. The van der Waals surface area contributed by atoms with Crippen molar-refractivity contribution in [1.29, 1.82) is 0 Å². The second kappa shape index (κ2) is 8.01. The number of aryl methyl sites for hydroxylation is 1. The summed E-state index contributed by atoms with van der Waals surface area (Å²) in [5.41, 5.74) is 2.11. The summed E-state index contributed by atoms with van der Waals surface area (Å²) in [6.07, 6.45) is 7.73. The highest BCUT2D eigenvalue weighted by Crippen LogP contribution is 2.47. The summed E-state index contributed by atoms with van der Waals surface area (Å²) >= 11 is 0. The number of hydrogen-bond acceptors (Lipinski definition) is 0. The normalized spacial score (nSPS) is 12.9. The summed E-state index contributed by atoms with van der Waals surface area (Å²) in [4.78, 5) is 0. The van der Waals surface area contributed by atoms with Gasteiger partial charge in [-0.2, -0.15) is 0 Å². The van der Waals surface area contributed by atoms with E-state index < -0.39 is 0 Å². The lowest BCUT2D eigenvalue weighted by Gasteiger charge is -2.43. The first-order valence-electron chi connectivity index (χ1n) is 8.68. The first kappa shape index (κ1) is 18.3. The van der Waals surface area contributed by atoms with Crippen LogP contribution in [0.25, 0.3) is 0 Å². The van der Waals surface area contributed by atoms with Crippen molar-refractivity contribution in [3.05, 3.63) is 41.8 Å². The Morgan fingerprint density at radius 2 is 1.52 bits per heavy atom. The van der Waals surface area contributed by atoms with Crippen molar-refractivity contribution >= 4 is 0 Å². The van der Waals surface area contributed by atoms with Crippen LogP contribution in [0.3, 0.4) is 0 Å². The van der Waals surface area contributed by atoms with E-state index in [1.165, 1.54) is 44.1 Å². The average molecular weight is 288 g/mol. The van der Waals surface area contributed by atoms with Crippen LogP contribution >= 0.6 is 0 Å². The molecule has 1 rings (SSSR count). The molecule has 1 aromatic carbocycles. The molecule has 0 saturated heterocycles. The van der Waals surface area contributed by atoms with Crippen molar-refractivity contribution in [3.63, 3.8) is 0 Å². The predicted molar refractivity (Wildman–Crippen MR) is 95.4 cm³/mol. The van der Waals surface area contributed by atoms with Crippen LogP contribution in [0.2, 0.25) is 0 Å². The van der Waals surface area contributed by atoms with E-state index in [1.54, 1.807) is 5.92 Å². The van der Waals surface area contributed by atoms with Gasteiger partial charge in [0.2, 0.25) is 0 Å². The fourth-order valence-electron chi connectivity index (χ4n) is 3.61. The van der Waals surface area contributed by atoms with E-state index in [2.05, 4.69) is 71.9 Å². The van der Waals surface area contributed by atoms with E-state index in [0.29, 0.717) is 10.8 Å². The second-order valence-corrected chi connectivity index (χ2v) is 8.06. The first-order chi connectivity index (χ1) is 9.77. The zero-order chi connectivity index (χ0) is 15.9.